The van der Waals surface area contributed by atoms with Crippen molar-refractivity contribution in [3.63, 3.8) is 0 Å². The van der Waals surface area contributed by atoms with Crippen molar-refractivity contribution in [3.05, 3.63) is 60.3 Å². The number of hydrogen-bond donors (Lipinski definition) is 1. The Morgan fingerprint density at radius 3 is 2.58 bits per heavy atom. The van der Waals surface area contributed by atoms with Crippen LogP contribution in [0.3, 0.4) is 0 Å². The van der Waals surface area contributed by atoms with Crippen LogP contribution in [0.4, 0.5) is 5.69 Å². The summed E-state index contributed by atoms with van der Waals surface area (Å²) in [6, 6.07) is 17.3. The molecule has 2 aromatic carbocycles. The summed E-state index contributed by atoms with van der Waals surface area (Å²) < 4.78 is 5.93. The van der Waals surface area contributed by atoms with Gasteiger partial charge in [-0.1, -0.05) is 18.2 Å². The molecular formula is C16H14N2O. The fraction of sp³-hybridized carbons (Fsp3) is 0.0625. The van der Waals surface area contributed by atoms with Crippen LogP contribution in [-0.4, -0.2) is 4.98 Å². The summed E-state index contributed by atoms with van der Waals surface area (Å²) in [6.07, 6.45) is 0. The Morgan fingerprint density at radius 2 is 1.79 bits per heavy atom. The quantitative estimate of drug-likeness (QED) is 0.701. The molecule has 1 aromatic heterocycles. The van der Waals surface area contributed by atoms with Gasteiger partial charge in [0.25, 0.3) is 0 Å². The van der Waals surface area contributed by atoms with E-state index in [1.807, 2.05) is 61.5 Å². The molecule has 0 aliphatic rings. The number of pyridine rings is 1. The Kier molecular flexibility index (Phi) is 2.80. The van der Waals surface area contributed by atoms with E-state index in [1.54, 1.807) is 0 Å². The van der Waals surface area contributed by atoms with Gasteiger partial charge < -0.3 is 10.5 Å². The number of benzene rings is 2. The van der Waals surface area contributed by atoms with Crippen molar-refractivity contribution in [2.75, 3.05) is 5.73 Å². The maximum absolute atomic E-state index is 5.93. The van der Waals surface area contributed by atoms with Crippen LogP contribution in [0.5, 0.6) is 11.5 Å². The van der Waals surface area contributed by atoms with Gasteiger partial charge in [-0.3, -0.25) is 4.98 Å². The van der Waals surface area contributed by atoms with Crippen molar-refractivity contribution < 1.29 is 4.74 Å². The van der Waals surface area contributed by atoms with E-state index in [2.05, 4.69) is 4.98 Å². The largest absolute Gasteiger partial charge is 0.457 e. The molecule has 19 heavy (non-hydrogen) atoms. The average molecular weight is 250 g/mol. The summed E-state index contributed by atoms with van der Waals surface area (Å²) in [5, 5.41) is 0.925. The zero-order valence-corrected chi connectivity index (χ0v) is 10.6. The molecule has 0 radical (unpaired) electrons. The smallest absolute Gasteiger partial charge is 0.138 e. The minimum atomic E-state index is 0.705. The lowest BCUT2D eigenvalue weighted by Gasteiger charge is -2.10. The van der Waals surface area contributed by atoms with Gasteiger partial charge in [-0.2, -0.15) is 0 Å². The first-order valence-corrected chi connectivity index (χ1v) is 6.12. The fourth-order valence-corrected chi connectivity index (χ4v) is 2.04. The molecular weight excluding hydrogens is 236 g/mol. The highest BCUT2D eigenvalue weighted by atomic mass is 16.5. The Hall–Kier alpha value is -2.55. The molecule has 1 heterocycles. The van der Waals surface area contributed by atoms with Gasteiger partial charge in [0, 0.05) is 22.8 Å². The highest BCUT2D eigenvalue weighted by Gasteiger charge is 2.06. The Bertz CT molecular complexity index is 723. The van der Waals surface area contributed by atoms with Gasteiger partial charge in [-0.15, -0.1) is 0 Å². The number of para-hydroxylation sites is 1. The maximum Gasteiger partial charge on any atom is 0.138 e. The van der Waals surface area contributed by atoms with Gasteiger partial charge in [0.05, 0.1) is 5.52 Å². The molecule has 0 fully saturated rings. The number of ether oxygens (including phenoxy) is 1. The second-order valence-corrected chi connectivity index (χ2v) is 4.45. The summed E-state index contributed by atoms with van der Waals surface area (Å²) in [6.45, 7) is 1.95. The van der Waals surface area contributed by atoms with Crippen molar-refractivity contribution in [1.29, 1.82) is 0 Å². The van der Waals surface area contributed by atoms with E-state index < -0.39 is 0 Å². The maximum atomic E-state index is 5.93. The first kappa shape index (κ1) is 11.5. The van der Waals surface area contributed by atoms with Crippen molar-refractivity contribution in [2.24, 2.45) is 0 Å². The van der Waals surface area contributed by atoms with Gasteiger partial charge in [-0.05, 0) is 37.3 Å². The number of hydrogen-bond acceptors (Lipinski definition) is 3. The second-order valence-electron chi connectivity index (χ2n) is 4.45. The lowest BCUT2D eigenvalue weighted by Crippen LogP contribution is -1.92. The Balaban J connectivity index is 2.14. The average Bonchev–Trinajstić information content (AvgIpc) is 2.41. The third-order valence-corrected chi connectivity index (χ3v) is 2.89. The third kappa shape index (κ3) is 2.36. The van der Waals surface area contributed by atoms with E-state index in [0.29, 0.717) is 5.69 Å². The highest BCUT2D eigenvalue weighted by Crippen LogP contribution is 2.30. The number of fused-ring (bicyclic) bond motifs is 1. The van der Waals surface area contributed by atoms with Crippen LogP contribution in [0.15, 0.2) is 54.6 Å². The molecule has 0 saturated carbocycles. The Morgan fingerprint density at radius 1 is 1.00 bits per heavy atom. The topological polar surface area (TPSA) is 48.1 Å². The van der Waals surface area contributed by atoms with Crippen LogP contribution >= 0.6 is 0 Å². The molecule has 94 valence electrons. The molecule has 2 N–H and O–H groups in total. The molecule has 0 amide bonds. The second kappa shape index (κ2) is 4.61. The number of nitrogen functional groups attached to an aromatic ring is 1. The molecule has 3 aromatic rings. The number of aromatic nitrogens is 1. The fourth-order valence-electron chi connectivity index (χ4n) is 2.04. The molecule has 3 nitrogen and oxygen atoms in total. The van der Waals surface area contributed by atoms with Crippen LogP contribution in [0.25, 0.3) is 10.9 Å². The van der Waals surface area contributed by atoms with Gasteiger partial charge in [0.15, 0.2) is 0 Å². The normalized spacial score (nSPS) is 10.6. The number of aryl methyl sites for hydroxylation is 1. The van der Waals surface area contributed by atoms with E-state index in [1.165, 1.54) is 0 Å². The number of nitrogens with two attached hydrogens (primary N) is 1. The van der Waals surface area contributed by atoms with Crippen molar-refractivity contribution >= 4 is 16.6 Å². The SMILES string of the molecule is Cc1cc(Oc2ccccc2)c2cc(N)ccc2n1. The van der Waals surface area contributed by atoms with Crippen molar-refractivity contribution in [3.8, 4) is 11.5 Å². The predicted molar refractivity (Wildman–Crippen MR) is 77.4 cm³/mol. The summed E-state index contributed by atoms with van der Waals surface area (Å²) >= 11 is 0. The minimum Gasteiger partial charge on any atom is -0.457 e. The third-order valence-electron chi connectivity index (χ3n) is 2.89. The zero-order valence-electron chi connectivity index (χ0n) is 10.6. The number of rotatable bonds is 2. The zero-order chi connectivity index (χ0) is 13.2. The molecule has 3 rings (SSSR count). The van der Waals surface area contributed by atoms with Gasteiger partial charge in [0.2, 0.25) is 0 Å². The monoisotopic (exact) mass is 250 g/mol. The highest BCUT2D eigenvalue weighted by molar-refractivity contribution is 5.88. The lowest BCUT2D eigenvalue weighted by molar-refractivity contribution is 0.487. The van der Waals surface area contributed by atoms with Crippen LogP contribution in [0.1, 0.15) is 5.69 Å². The van der Waals surface area contributed by atoms with Crippen LogP contribution < -0.4 is 10.5 Å². The van der Waals surface area contributed by atoms with Gasteiger partial charge >= 0.3 is 0 Å². The Labute approximate surface area is 111 Å². The lowest BCUT2D eigenvalue weighted by atomic mass is 10.1. The van der Waals surface area contributed by atoms with Crippen molar-refractivity contribution in [2.45, 2.75) is 6.92 Å². The van der Waals surface area contributed by atoms with Crippen LogP contribution in [-0.2, 0) is 0 Å². The first-order chi connectivity index (χ1) is 9.22. The van der Waals surface area contributed by atoms with E-state index in [9.17, 15) is 0 Å². The molecule has 0 saturated heterocycles. The predicted octanol–water partition coefficient (Wildman–Crippen LogP) is 3.92. The van der Waals surface area contributed by atoms with Crippen LogP contribution in [0, 0.1) is 6.92 Å². The standard InChI is InChI=1S/C16H14N2O/c1-11-9-16(19-13-5-3-2-4-6-13)14-10-12(17)7-8-15(14)18-11/h2-10H,17H2,1H3. The minimum absolute atomic E-state index is 0.705. The molecule has 0 unspecified atom stereocenters. The van der Waals surface area contributed by atoms with Crippen LogP contribution in [0.2, 0.25) is 0 Å². The molecule has 0 bridgehead atoms. The molecule has 3 heteroatoms. The first-order valence-electron chi connectivity index (χ1n) is 6.12. The number of nitrogens with zero attached hydrogens (tertiary/aromatic N) is 1. The molecule has 0 aliphatic carbocycles. The van der Waals surface area contributed by atoms with E-state index >= 15 is 0 Å². The summed E-state index contributed by atoms with van der Waals surface area (Å²) in [4.78, 5) is 4.48. The van der Waals surface area contributed by atoms with E-state index in [-0.39, 0.29) is 0 Å². The summed E-state index contributed by atoms with van der Waals surface area (Å²) in [7, 11) is 0. The summed E-state index contributed by atoms with van der Waals surface area (Å²) in [5.74, 6) is 1.58. The van der Waals surface area contributed by atoms with Gasteiger partial charge in [0.1, 0.15) is 11.5 Å². The molecule has 0 atom stereocenters. The summed E-state index contributed by atoms with van der Waals surface area (Å²) in [5.41, 5.74) is 8.35. The van der Waals surface area contributed by atoms with E-state index in [0.717, 1.165) is 28.1 Å². The van der Waals surface area contributed by atoms with Crippen molar-refractivity contribution in [1.82, 2.24) is 4.98 Å². The molecule has 0 aliphatic heterocycles. The van der Waals surface area contributed by atoms with E-state index in [4.69, 9.17) is 10.5 Å². The number of anilines is 1. The molecule has 0 spiro atoms. The van der Waals surface area contributed by atoms with Gasteiger partial charge in [-0.25, -0.2) is 0 Å².